The summed E-state index contributed by atoms with van der Waals surface area (Å²) >= 11 is 12.8. The van der Waals surface area contributed by atoms with Gasteiger partial charge in [0.25, 0.3) is 5.91 Å². The van der Waals surface area contributed by atoms with Crippen molar-refractivity contribution in [3.05, 3.63) is 33.6 Å². The summed E-state index contributed by atoms with van der Waals surface area (Å²) in [5, 5.41) is 3.72. The van der Waals surface area contributed by atoms with Crippen LogP contribution in [0.2, 0.25) is 10.0 Å². The average molecular weight is 338 g/mol. The molecule has 0 radical (unpaired) electrons. The number of carbonyl (C=O) groups excluding carboxylic acids is 1. The number of hydrazine groups is 1. The predicted octanol–water partition coefficient (Wildman–Crippen LogP) is 2.77. The van der Waals surface area contributed by atoms with Crippen LogP contribution in [0.15, 0.2) is 12.1 Å². The highest BCUT2D eigenvalue weighted by atomic mass is 35.5. The van der Waals surface area contributed by atoms with E-state index in [4.69, 9.17) is 23.2 Å². The predicted molar refractivity (Wildman–Crippen MR) is 80.5 cm³/mol. The van der Waals surface area contributed by atoms with Gasteiger partial charge in [0.2, 0.25) is 0 Å². The molecule has 0 unspecified atom stereocenters. The zero-order valence-electron chi connectivity index (χ0n) is 10.5. The van der Waals surface area contributed by atoms with Crippen molar-refractivity contribution >= 4 is 41.1 Å². The van der Waals surface area contributed by atoms with Crippen LogP contribution in [0.1, 0.15) is 23.2 Å². The first-order valence-corrected chi connectivity index (χ1v) is 7.77. The average Bonchev–Trinajstić information content (AvgIpc) is 2.44. The van der Waals surface area contributed by atoms with Gasteiger partial charge in [-0.2, -0.15) is 4.83 Å². The number of amides is 1. The smallest absolute Gasteiger partial charge is 0.269 e. The van der Waals surface area contributed by atoms with Gasteiger partial charge in [-0.3, -0.25) is 10.2 Å². The summed E-state index contributed by atoms with van der Waals surface area (Å²) in [6.45, 7) is 1.93. The normalized spacial score (nSPS) is 16.1. The fourth-order valence-corrected chi connectivity index (χ4v) is 3.14. The van der Waals surface area contributed by atoms with Crippen LogP contribution in [-0.2, 0) is 0 Å². The Hall–Kier alpha value is -0.530. The standard InChI is InChI=1S/C12H14Cl2FN3OS/c13-7-5-9(11(15)10(14)6-7)12(19)17-18-20-8-1-3-16-4-2-8/h5-6,8,16,18H,1-4H2,(H,17,19). The highest BCUT2D eigenvalue weighted by Crippen LogP contribution is 2.24. The van der Waals surface area contributed by atoms with Gasteiger partial charge in [-0.15, -0.1) is 0 Å². The Morgan fingerprint density at radius 3 is 2.75 bits per heavy atom. The van der Waals surface area contributed by atoms with Gasteiger partial charge >= 0.3 is 0 Å². The molecule has 4 nitrogen and oxygen atoms in total. The molecule has 8 heteroatoms. The van der Waals surface area contributed by atoms with Crippen molar-refractivity contribution in [2.24, 2.45) is 0 Å². The Morgan fingerprint density at radius 2 is 2.05 bits per heavy atom. The van der Waals surface area contributed by atoms with Crippen LogP contribution in [-0.4, -0.2) is 24.2 Å². The van der Waals surface area contributed by atoms with Crippen LogP contribution in [0.4, 0.5) is 4.39 Å². The zero-order valence-corrected chi connectivity index (χ0v) is 12.8. The maximum Gasteiger partial charge on any atom is 0.269 e. The number of halogens is 3. The Morgan fingerprint density at radius 1 is 1.35 bits per heavy atom. The molecule has 1 aromatic carbocycles. The quantitative estimate of drug-likeness (QED) is 0.449. The number of carbonyl (C=O) groups is 1. The van der Waals surface area contributed by atoms with Gasteiger partial charge in [-0.05, 0) is 38.1 Å². The van der Waals surface area contributed by atoms with Gasteiger partial charge < -0.3 is 5.32 Å². The molecule has 0 spiro atoms. The Kier molecular flexibility index (Phi) is 5.92. The van der Waals surface area contributed by atoms with E-state index in [0.717, 1.165) is 25.9 Å². The van der Waals surface area contributed by atoms with E-state index in [1.54, 1.807) is 0 Å². The molecule has 1 aliphatic rings. The molecule has 1 amide bonds. The minimum Gasteiger partial charge on any atom is -0.317 e. The summed E-state index contributed by atoms with van der Waals surface area (Å²) in [4.78, 5) is 14.6. The SMILES string of the molecule is O=C(NNSC1CCNCC1)c1cc(Cl)cc(Cl)c1F. The van der Waals surface area contributed by atoms with E-state index in [9.17, 15) is 9.18 Å². The Balaban J connectivity index is 1.88. The number of hydrogen-bond donors (Lipinski definition) is 3. The number of piperidine rings is 1. The third-order valence-electron chi connectivity index (χ3n) is 2.91. The molecule has 0 atom stereocenters. The molecule has 0 saturated carbocycles. The molecule has 0 aromatic heterocycles. The number of nitrogens with one attached hydrogen (secondary N) is 3. The number of hydrogen-bond acceptors (Lipinski definition) is 4. The molecule has 20 heavy (non-hydrogen) atoms. The van der Waals surface area contributed by atoms with Gasteiger partial charge in [-0.25, -0.2) is 4.39 Å². The lowest BCUT2D eigenvalue weighted by Gasteiger charge is -2.22. The fourth-order valence-electron chi connectivity index (χ4n) is 1.86. The van der Waals surface area contributed by atoms with Crippen molar-refractivity contribution in [1.29, 1.82) is 0 Å². The summed E-state index contributed by atoms with van der Waals surface area (Å²) in [5.41, 5.74) is 2.26. The number of benzene rings is 1. The van der Waals surface area contributed by atoms with Crippen LogP contribution in [0.25, 0.3) is 0 Å². The zero-order chi connectivity index (χ0) is 14.5. The molecule has 1 aliphatic heterocycles. The third-order valence-corrected chi connectivity index (χ3v) is 4.43. The summed E-state index contributed by atoms with van der Waals surface area (Å²) < 4.78 is 13.7. The Bertz CT molecular complexity index is 498. The summed E-state index contributed by atoms with van der Waals surface area (Å²) in [6, 6.07) is 2.50. The molecule has 2 rings (SSSR count). The summed E-state index contributed by atoms with van der Waals surface area (Å²) in [5.74, 6) is -1.38. The molecule has 1 heterocycles. The van der Waals surface area contributed by atoms with E-state index in [1.165, 1.54) is 24.1 Å². The van der Waals surface area contributed by atoms with Crippen LogP contribution < -0.4 is 15.6 Å². The molecule has 1 saturated heterocycles. The van der Waals surface area contributed by atoms with E-state index in [1.807, 2.05) is 0 Å². The monoisotopic (exact) mass is 337 g/mol. The molecule has 0 bridgehead atoms. The van der Waals surface area contributed by atoms with E-state index in [0.29, 0.717) is 5.25 Å². The topological polar surface area (TPSA) is 53.2 Å². The van der Waals surface area contributed by atoms with Crippen molar-refractivity contribution in [2.45, 2.75) is 18.1 Å². The van der Waals surface area contributed by atoms with Crippen molar-refractivity contribution < 1.29 is 9.18 Å². The Labute approximate surface area is 130 Å². The molecule has 3 N–H and O–H groups in total. The molecule has 0 aliphatic carbocycles. The fraction of sp³-hybridized carbons (Fsp3) is 0.417. The first kappa shape index (κ1) is 15.9. The minimum atomic E-state index is -0.776. The van der Waals surface area contributed by atoms with Gasteiger partial charge in [0.1, 0.15) is 0 Å². The van der Waals surface area contributed by atoms with Gasteiger partial charge in [0, 0.05) is 10.3 Å². The molecule has 1 aromatic rings. The largest absolute Gasteiger partial charge is 0.317 e. The third kappa shape index (κ3) is 4.23. The second-order valence-corrected chi connectivity index (χ2v) is 6.32. The van der Waals surface area contributed by atoms with Crippen LogP contribution in [0.5, 0.6) is 0 Å². The van der Waals surface area contributed by atoms with Crippen molar-refractivity contribution in [3.8, 4) is 0 Å². The maximum atomic E-state index is 13.7. The summed E-state index contributed by atoms with van der Waals surface area (Å²) in [6.07, 6.45) is 2.04. The first-order valence-electron chi connectivity index (χ1n) is 6.14. The van der Waals surface area contributed by atoms with E-state index < -0.39 is 11.7 Å². The van der Waals surface area contributed by atoms with Gasteiger partial charge in [-0.1, -0.05) is 35.1 Å². The maximum absolute atomic E-state index is 13.7. The highest BCUT2D eigenvalue weighted by Gasteiger charge is 2.17. The van der Waals surface area contributed by atoms with Crippen LogP contribution in [0.3, 0.4) is 0 Å². The molecule has 110 valence electrons. The van der Waals surface area contributed by atoms with E-state index >= 15 is 0 Å². The van der Waals surface area contributed by atoms with Crippen LogP contribution in [0, 0.1) is 5.82 Å². The molecular weight excluding hydrogens is 324 g/mol. The lowest BCUT2D eigenvalue weighted by atomic mass is 10.2. The second-order valence-electron chi connectivity index (χ2n) is 4.37. The van der Waals surface area contributed by atoms with Gasteiger partial charge in [0.15, 0.2) is 5.82 Å². The van der Waals surface area contributed by atoms with Crippen molar-refractivity contribution in [2.75, 3.05) is 13.1 Å². The van der Waals surface area contributed by atoms with E-state index in [2.05, 4.69) is 15.6 Å². The first-order chi connectivity index (χ1) is 9.58. The van der Waals surface area contributed by atoms with Gasteiger partial charge in [0.05, 0.1) is 10.6 Å². The lowest BCUT2D eigenvalue weighted by Crippen LogP contribution is -2.37. The molecular formula is C12H14Cl2FN3OS. The minimum absolute atomic E-state index is 0.173. The lowest BCUT2D eigenvalue weighted by molar-refractivity contribution is 0.0943. The summed E-state index contributed by atoms with van der Waals surface area (Å²) in [7, 11) is 0. The van der Waals surface area contributed by atoms with Crippen LogP contribution >= 0.6 is 35.1 Å². The van der Waals surface area contributed by atoms with E-state index in [-0.39, 0.29) is 15.6 Å². The molecule has 1 fully saturated rings. The highest BCUT2D eigenvalue weighted by molar-refractivity contribution is 7.98. The second kappa shape index (κ2) is 7.47. The number of rotatable bonds is 4. The van der Waals surface area contributed by atoms with Crippen molar-refractivity contribution in [3.63, 3.8) is 0 Å². The van der Waals surface area contributed by atoms with Crippen molar-refractivity contribution in [1.82, 2.24) is 15.6 Å².